The minimum Gasteiger partial charge on any atom is -0.481 e. The van der Waals surface area contributed by atoms with Crippen molar-refractivity contribution in [3.8, 4) is 17.0 Å². The van der Waals surface area contributed by atoms with E-state index in [4.69, 9.17) is 4.74 Å². The highest BCUT2D eigenvalue weighted by atomic mass is 16.5. The van der Waals surface area contributed by atoms with E-state index >= 15 is 0 Å². The Morgan fingerprint density at radius 1 is 1.25 bits per heavy atom. The molecule has 1 N–H and O–H groups in total. The molecule has 0 fully saturated rings. The maximum Gasteiger partial charge on any atom is 0.228 e. The highest BCUT2D eigenvalue weighted by molar-refractivity contribution is 6.01. The van der Waals surface area contributed by atoms with E-state index in [-0.39, 0.29) is 5.91 Å². The van der Waals surface area contributed by atoms with Crippen LogP contribution in [0.3, 0.4) is 0 Å². The molecule has 0 atom stereocenters. The van der Waals surface area contributed by atoms with Crippen LogP contribution in [0.5, 0.6) is 5.88 Å². The van der Waals surface area contributed by atoms with Crippen molar-refractivity contribution in [1.82, 2.24) is 4.98 Å². The lowest BCUT2D eigenvalue weighted by Crippen LogP contribution is -2.04. The number of rotatable bonds is 2. The van der Waals surface area contributed by atoms with Crippen molar-refractivity contribution < 1.29 is 9.53 Å². The largest absolute Gasteiger partial charge is 0.481 e. The fourth-order valence-corrected chi connectivity index (χ4v) is 2.72. The summed E-state index contributed by atoms with van der Waals surface area (Å²) in [6.45, 7) is 4.04. The first-order valence-electron chi connectivity index (χ1n) is 6.53. The van der Waals surface area contributed by atoms with Crippen LogP contribution in [0.15, 0.2) is 24.4 Å². The van der Waals surface area contributed by atoms with Crippen LogP contribution in [0.4, 0.5) is 5.69 Å². The zero-order chi connectivity index (χ0) is 14.3. The number of methoxy groups -OCH3 is 1. The van der Waals surface area contributed by atoms with E-state index in [1.165, 1.54) is 0 Å². The molecule has 4 heteroatoms. The molecular formula is C16H16N2O2. The highest BCUT2D eigenvalue weighted by Crippen LogP contribution is 2.37. The lowest BCUT2D eigenvalue weighted by atomic mass is 9.96. The number of nitrogens with one attached hydrogen (secondary N) is 1. The summed E-state index contributed by atoms with van der Waals surface area (Å²) in [5.41, 5.74) is 6.18. The number of aryl methyl sites for hydroxylation is 2. The van der Waals surface area contributed by atoms with Gasteiger partial charge in [0.05, 0.1) is 13.5 Å². The predicted octanol–water partition coefficient (Wildman–Crippen LogP) is 2.87. The van der Waals surface area contributed by atoms with Crippen molar-refractivity contribution >= 4 is 11.6 Å². The van der Waals surface area contributed by atoms with Gasteiger partial charge in [-0.2, -0.15) is 0 Å². The Kier molecular flexibility index (Phi) is 2.93. The van der Waals surface area contributed by atoms with Crippen LogP contribution >= 0.6 is 0 Å². The fourth-order valence-electron chi connectivity index (χ4n) is 2.72. The number of aromatic nitrogens is 1. The molecule has 1 aromatic heterocycles. The van der Waals surface area contributed by atoms with Gasteiger partial charge in [0.2, 0.25) is 11.8 Å². The van der Waals surface area contributed by atoms with Gasteiger partial charge in [0.15, 0.2) is 0 Å². The number of pyridine rings is 1. The van der Waals surface area contributed by atoms with Gasteiger partial charge in [0.25, 0.3) is 0 Å². The predicted molar refractivity (Wildman–Crippen MR) is 78.0 cm³/mol. The number of anilines is 1. The Bertz CT molecular complexity index is 708. The smallest absolute Gasteiger partial charge is 0.228 e. The summed E-state index contributed by atoms with van der Waals surface area (Å²) < 4.78 is 5.37. The van der Waals surface area contributed by atoms with Crippen LogP contribution in [0, 0.1) is 13.8 Å². The maximum atomic E-state index is 11.5. The molecule has 1 amide bonds. The number of hydrogen-bond acceptors (Lipinski definition) is 3. The Hall–Kier alpha value is -2.36. The summed E-state index contributed by atoms with van der Waals surface area (Å²) in [5.74, 6) is 0.664. The zero-order valence-electron chi connectivity index (χ0n) is 11.8. The second kappa shape index (κ2) is 4.63. The number of carbonyl (C=O) groups is 1. The van der Waals surface area contributed by atoms with Gasteiger partial charge in [-0.15, -0.1) is 0 Å². The summed E-state index contributed by atoms with van der Waals surface area (Å²) in [5, 5.41) is 2.90. The monoisotopic (exact) mass is 268 g/mol. The molecule has 102 valence electrons. The molecule has 2 aromatic rings. The van der Waals surface area contributed by atoms with Crippen LogP contribution in [0.25, 0.3) is 11.1 Å². The lowest BCUT2D eigenvalue weighted by molar-refractivity contribution is -0.115. The minimum absolute atomic E-state index is 0.0510. The molecule has 3 rings (SSSR count). The third-order valence-corrected chi connectivity index (χ3v) is 3.64. The molecule has 1 aliphatic rings. The average Bonchev–Trinajstić information content (AvgIpc) is 2.79. The summed E-state index contributed by atoms with van der Waals surface area (Å²) in [7, 11) is 1.62. The number of hydrogen-bond donors (Lipinski definition) is 1. The minimum atomic E-state index is 0.0510. The molecule has 0 bridgehead atoms. The Labute approximate surface area is 117 Å². The van der Waals surface area contributed by atoms with Gasteiger partial charge in [-0.25, -0.2) is 4.98 Å². The van der Waals surface area contributed by atoms with Crippen LogP contribution in [0.2, 0.25) is 0 Å². The summed E-state index contributed by atoms with van der Waals surface area (Å²) in [4.78, 5) is 15.8. The van der Waals surface area contributed by atoms with Crippen molar-refractivity contribution in [1.29, 1.82) is 0 Å². The van der Waals surface area contributed by atoms with Gasteiger partial charge in [0, 0.05) is 17.4 Å². The topological polar surface area (TPSA) is 51.2 Å². The third kappa shape index (κ3) is 1.93. The second-order valence-corrected chi connectivity index (χ2v) is 5.06. The Balaban J connectivity index is 2.20. The molecule has 4 nitrogen and oxygen atoms in total. The standard InChI is InChI=1S/C16H16N2O2/c1-9-4-5-17-16(20-3)14(9)11-6-10(2)15-12(7-11)8-13(19)18-15/h4-7H,8H2,1-3H3,(H,18,19). The first kappa shape index (κ1) is 12.7. The van der Waals surface area contributed by atoms with Crippen LogP contribution in [0.1, 0.15) is 16.7 Å². The van der Waals surface area contributed by atoms with Gasteiger partial charge in [-0.1, -0.05) is 0 Å². The van der Waals surface area contributed by atoms with Crippen LogP contribution < -0.4 is 10.1 Å². The van der Waals surface area contributed by atoms with E-state index in [0.717, 1.165) is 33.5 Å². The fraction of sp³-hybridized carbons (Fsp3) is 0.250. The van der Waals surface area contributed by atoms with Gasteiger partial charge < -0.3 is 10.1 Å². The van der Waals surface area contributed by atoms with Gasteiger partial charge >= 0.3 is 0 Å². The van der Waals surface area contributed by atoms with Crippen molar-refractivity contribution in [2.45, 2.75) is 20.3 Å². The van der Waals surface area contributed by atoms with Crippen molar-refractivity contribution in [3.63, 3.8) is 0 Å². The van der Waals surface area contributed by atoms with E-state index in [0.29, 0.717) is 12.3 Å². The molecule has 0 saturated carbocycles. The normalized spacial score (nSPS) is 13.1. The summed E-state index contributed by atoms with van der Waals surface area (Å²) in [6.07, 6.45) is 2.18. The number of fused-ring (bicyclic) bond motifs is 1. The molecule has 1 aliphatic heterocycles. The van der Waals surface area contributed by atoms with Crippen LogP contribution in [-0.4, -0.2) is 18.0 Å². The van der Waals surface area contributed by atoms with Crippen LogP contribution in [-0.2, 0) is 11.2 Å². The average molecular weight is 268 g/mol. The summed E-state index contributed by atoms with van der Waals surface area (Å²) in [6, 6.07) is 6.08. The molecule has 0 radical (unpaired) electrons. The molecule has 20 heavy (non-hydrogen) atoms. The molecular weight excluding hydrogens is 252 g/mol. The van der Waals surface area contributed by atoms with E-state index in [9.17, 15) is 4.79 Å². The molecule has 1 aromatic carbocycles. The van der Waals surface area contributed by atoms with Gasteiger partial charge in [-0.3, -0.25) is 4.79 Å². The lowest BCUT2D eigenvalue weighted by Gasteiger charge is -2.13. The van der Waals surface area contributed by atoms with Crippen molar-refractivity contribution in [3.05, 3.63) is 41.1 Å². The van der Waals surface area contributed by atoms with Crippen molar-refractivity contribution in [2.24, 2.45) is 0 Å². The molecule has 0 aliphatic carbocycles. The first-order valence-corrected chi connectivity index (χ1v) is 6.53. The molecule has 0 unspecified atom stereocenters. The Morgan fingerprint density at radius 2 is 2.05 bits per heavy atom. The number of benzene rings is 1. The van der Waals surface area contributed by atoms with Gasteiger partial charge in [-0.05, 0) is 54.3 Å². The number of amides is 1. The quantitative estimate of drug-likeness (QED) is 0.911. The van der Waals surface area contributed by atoms with Crippen molar-refractivity contribution in [2.75, 3.05) is 12.4 Å². The number of nitrogens with zero attached hydrogens (tertiary/aromatic N) is 1. The van der Waals surface area contributed by atoms with E-state index in [1.54, 1.807) is 13.3 Å². The number of ether oxygens (including phenoxy) is 1. The first-order chi connectivity index (χ1) is 9.60. The number of carbonyl (C=O) groups excluding carboxylic acids is 1. The van der Waals surface area contributed by atoms with E-state index in [2.05, 4.69) is 16.4 Å². The summed E-state index contributed by atoms with van der Waals surface area (Å²) >= 11 is 0. The molecule has 2 heterocycles. The second-order valence-electron chi connectivity index (χ2n) is 5.06. The molecule has 0 spiro atoms. The molecule has 0 saturated heterocycles. The SMILES string of the molecule is COc1nccc(C)c1-c1cc(C)c2c(c1)CC(=O)N2. The maximum absolute atomic E-state index is 11.5. The van der Waals surface area contributed by atoms with E-state index in [1.807, 2.05) is 26.0 Å². The zero-order valence-corrected chi connectivity index (χ0v) is 11.8. The highest BCUT2D eigenvalue weighted by Gasteiger charge is 2.21. The third-order valence-electron chi connectivity index (χ3n) is 3.64. The Morgan fingerprint density at radius 3 is 2.80 bits per heavy atom. The van der Waals surface area contributed by atoms with E-state index < -0.39 is 0 Å². The van der Waals surface area contributed by atoms with Gasteiger partial charge in [0.1, 0.15) is 0 Å².